The van der Waals surface area contributed by atoms with Crippen LogP contribution in [0.15, 0.2) is 36.5 Å². The minimum Gasteiger partial charge on any atom is -0.350 e. The highest BCUT2D eigenvalue weighted by Gasteiger charge is 2.24. The summed E-state index contributed by atoms with van der Waals surface area (Å²) in [5, 5.41) is 20.7. The average molecular weight is 303 g/mol. The van der Waals surface area contributed by atoms with Gasteiger partial charge in [0.2, 0.25) is 5.82 Å². The standard InChI is InChI=1S/C14H11ClN4O2/c1-18(9-11-4-2-3-5-12(11)15)14-13(19(20)21)10(8-16)6-7-17-14/h2-7H,9H2,1H3. The van der Waals surface area contributed by atoms with E-state index in [1.54, 1.807) is 18.0 Å². The van der Waals surface area contributed by atoms with Crippen LogP contribution in [0.1, 0.15) is 11.1 Å². The Morgan fingerprint density at radius 2 is 2.14 bits per heavy atom. The van der Waals surface area contributed by atoms with Gasteiger partial charge in [-0.05, 0) is 17.7 Å². The molecule has 7 heteroatoms. The molecule has 2 rings (SSSR count). The maximum atomic E-state index is 11.2. The lowest BCUT2D eigenvalue weighted by molar-refractivity contribution is -0.384. The number of aromatic nitrogens is 1. The summed E-state index contributed by atoms with van der Waals surface area (Å²) in [6.07, 6.45) is 1.38. The topological polar surface area (TPSA) is 83.1 Å². The van der Waals surface area contributed by atoms with E-state index in [1.807, 2.05) is 24.3 Å². The molecule has 6 nitrogen and oxygen atoms in total. The SMILES string of the molecule is CN(Cc1ccccc1Cl)c1nccc(C#N)c1[N+](=O)[O-]. The van der Waals surface area contributed by atoms with Gasteiger partial charge < -0.3 is 4.90 Å². The van der Waals surface area contributed by atoms with Gasteiger partial charge in [-0.2, -0.15) is 5.26 Å². The molecule has 1 aromatic carbocycles. The third kappa shape index (κ3) is 3.09. The van der Waals surface area contributed by atoms with Gasteiger partial charge in [-0.3, -0.25) is 10.1 Å². The predicted molar refractivity (Wildman–Crippen MR) is 79.2 cm³/mol. The van der Waals surface area contributed by atoms with E-state index >= 15 is 0 Å². The second-order valence-electron chi connectivity index (χ2n) is 4.35. The fraction of sp³-hybridized carbons (Fsp3) is 0.143. The van der Waals surface area contributed by atoms with Crippen LogP contribution in [-0.2, 0) is 6.54 Å². The van der Waals surface area contributed by atoms with Crippen LogP contribution in [-0.4, -0.2) is 17.0 Å². The Bertz CT molecular complexity index is 727. The van der Waals surface area contributed by atoms with Crippen molar-refractivity contribution in [1.82, 2.24) is 4.98 Å². The van der Waals surface area contributed by atoms with Gasteiger partial charge in [0.25, 0.3) is 0 Å². The number of pyridine rings is 1. The molecule has 0 fully saturated rings. The predicted octanol–water partition coefficient (Wildman–Crippen LogP) is 3.15. The number of hydrogen-bond donors (Lipinski definition) is 0. The van der Waals surface area contributed by atoms with Crippen LogP contribution in [0.4, 0.5) is 11.5 Å². The number of hydrogen-bond acceptors (Lipinski definition) is 5. The summed E-state index contributed by atoms with van der Waals surface area (Å²) in [6, 6.07) is 10.4. The van der Waals surface area contributed by atoms with Gasteiger partial charge in [0.05, 0.1) is 4.92 Å². The molecule has 106 valence electrons. The van der Waals surface area contributed by atoms with Gasteiger partial charge in [-0.15, -0.1) is 0 Å². The first kappa shape index (κ1) is 14.8. The Hall–Kier alpha value is -2.65. The van der Waals surface area contributed by atoms with E-state index in [4.69, 9.17) is 16.9 Å². The first-order valence-corrected chi connectivity index (χ1v) is 6.40. The minimum atomic E-state index is -0.593. The van der Waals surface area contributed by atoms with E-state index in [0.717, 1.165) is 5.56 Å². The molecule has 0 amide bonds. The van der Waals surface area contributed by atoms with Gasteiger partial charge in [0.15, 0.2) is 0 Å². The zero-order valence-corrected chi connectivity index (χ0v) is 11.9. The average Bonchev–Trinajstić information content (AvgIpc) is 2.48. The van der Waals surface area contributed by atoms with E-state index < -0.39 is 4.92 Å². The highest BCUT2D eigenvalue weighted by Crippen LogP contribution is 2.29. The Balaban J connectivity index is 2.41. The Morgan fingerprint density at radius 3 is 2.76 bits per heavy atom. The third-order valence-electron chi connectivity index (χ3n) is 2.93. The second kappa shape index (κ2) is 6.20. The van der Waals surface area contributed by atoms with Crippen LogP contribution in [0.3, 0.4) is 0 Å². The summed E-state index contributed by atoms with van der Waals surface area (Å²) in [5.74, 6) is 0.138. The number of halogens is 1. The van der Waals surface area contributed by atoms with Crippen molar-refractivity contribution in [2.45, 2.75) is 6.54 Å². The van der Waals surface area contributed by atoms with Crippen LogP contribution in [0, 0.1) is 21.4 Å². The Labute approximate surface area is 126 Å². The molecule has 1 aromatic heterocycles. The van der Waals surface area contributed by atoms with E-state index in [0.29, 0.717) is 11.6 Å². The number of nitro groups is 1. The van der Waals surface area contributed by atoms with E-state index in [2.05, 4.69) is 4.98 Å². The van der Waals surface area contributed by atoms with Gasteiger partial charge in [0.1, 0.15) is 11.6 Å². The monoisotopic (exact) mass is 302 g/mol. The zero-order chi connectivity index (χ0) is 15.4. The highest BCUT2D eigenvalue weighted by molar-refractivity contribution is 6.31. The lowest BCUT2D eigenvalue weighted by Crippen LogP contribution is -2.19. The molecule has 2 aromatic rings. The van der Waals surface area contributed by atoms with Gasteiger partial charge >= 0.3 is 5.69 Å². The molecule has 0 unspecified atom stereocenters. The summed E-state index contributed by atoms with van der Waals surface area (Å²) in [4.78, 5) is 16.2. The van der Waals surface area contributed by atoms with Crippen molar-refractivity contribution in [2.24, 2.45) is 0 Å². The van der Waals surface area contributed by atoms with E-state index in [1.165, 1.54) is 12.3 Å². The van der Waals surface area contributed by atoms with Gasteiger partial charge in [-0.1, -0.05) is 29.8 Å². The molecule has 1 heterocycles. The van der Waals surface area contributed by atoms with Crippen LogP contribution < -0.4 is 4.90 Å². The van der Waals surface area contributed by atoms with Crippen LogP contribution >= 0.6 is 11.6 Å². The number of anilines is 1. The molecule has 0 aliphatic rings. The summed E-state index contributed by atoms with van der Waals surface area (Å²) in [6.45, 7) is 0.350. The highest BCUT2D eigenvalue weighted by atomic mass is 35.5. The number of rotatable bonds is 4. The zero-order valence-electron chi connectivity index (χ0n) is 11.2. The minimum absolute atomic E-state index is 0.0176. The maximum Gasteiger partial charge on any atom is 0.329 e. The van der Waals surface area contributed by atoms with E-state index in [-0.39, 0.29) is 17.1 Å². The Morgan fingerprint density at radius 1 is 1.43 bits per heavy atom. The first-order valence-electron chi connectivity index (χ1n) is 6.02. The number of benzene rings is 1. The van der Waals surface area contributed by atoms with Crippen LogP contribution in [0.5, 0.6) is 0 Å². The fourth-order valence-electron chi connectivity index (χ4n) is 1.95. The molecule has 0 saturated heterocycles. The second-order valence-corrected chi connectivity index (χ2v) is 4.75. The van der Waals surface area contributed by atoms with Crippen molar-refractivity contribution < 1.29 is 4.92 Å². The summed E-state index contributed by atoms with van der Waals surface area (Å²) >= 11 is 6.08. The summed E-state index contributed by atoms with van der Waals surface area (Å²) in [5.41, 5.74) is 0.505. The molecular formula is C14H11ClN4O2. The van der Waals surface area contributed by atoms with Crippen molar-refractivity contribution >= 4 is 23.1 Å². The smallest absolute Gasteiger partial charge is 0.329 e. The molecule has 0 aliphatic heterocycles. The molecule has 0 atom stereocenters. The number of nitrogens with zero attached hydrogens (tertiary/aromatic N) is 4. The van der Waals surface area contributed by atoms with Crippen molar-refractivity contribution in [2.75, 3.05) is 11.9 Å². The lowest BCUT2D eigenvalue weighted by atomic mass is 10.2. The molecule has 0 N–H and O–H groups in total. The van der Waals surface area contributed by atoms with E-state index in [9.17, 15) is 10.1 Å². The van der Waals surface area contributed by atoms with Crippen molar-refractivity contribution in [3.8, 4) is 6.07 Å². The third-order valence-corrected chi connectivity index (χ3v) is 3.30. The summed E-state index contributed by atoms with van der Waals surface area (Å²) < 4.78 is 0. The normalized spacial score (nSPS) is 9.95. The quantitative estimate of drug-likeness (QED) is 0.640. The molecule has 0 bridgehead atoms. The van der Waals surface area contributed by atoms with Crippen LogP contribution in [0.2, 0.25) is 5.02 Å². The number of nitriles is 1. The summed E-state index contributed by atoms with van der Waals surface area (Å²) in [7, 11) is 1.67. The fourth-order valence-corrected chi connectivity index (χ4v) is 2.15. The lowest BCUT2D eigenvalue weighted by Gasteiger charge is -2.18. The van der Waals surface area contributed by atoms with Crippen molar-refractivity contribution in [1.29, 1.82) is 5.26 Å². The molecule has 0 spiro atoms. The molecule has 0 aliphatic carbocycles. The largest absolute Gasteiger partial charge is 0.350 e. The molecule has 0 radical (unpaired) electrons. The van der Waals surface area contributed by atoms with Crippen molar-refractivity contribution in [3.05, 3.63) is 62.8 Å². The maximum absolute atomic E-state index is 11.2. The van der Waals surface area contributed by atoms with Crippen LogP contribution in [0.25, 0.3) is 0 Å². The molecule has 21 heavy (non-hydrogen) atoms. The first-order chi connectivity index (χ1) is 10.0. The van der Waals surface area contributed by atoms with Crippen molar-refractivity contribution in [3.63, 3.8) is 0 Å². The Kier molecular flexibility index (Phi) is 4.36. The molecule has 0 saturated carbocycles. The molecular weight excluding hydrogens is 292 g/mol. The van der Waals surface area contributed by atoms with Gasteiger partial charge in [-0.25, -0.2) is 4.98 Å². The van der Waals surface area contributed by atoms with Gasteiger partial charge in [0, 0.05) is 24.8 Å².